The van der Waals surface area contributed by atoms with Gasteiger partial charge >= 0.3 is 5.97 Å². The highest BCUT2D eigenvalue weighted by Gasteiger charge is 2.46. The van der Waals surface area contributed by atoms with Gasteiger partial charge in [-0.05, 0) is 23.8 Å². The summed E-state index contributed by atoms with van der Waals surface area (Å²) in [4.78, 5) is 11.5. The molecule has 2 aromatic rings. The third kappa shape index (κ3) is 2.32. The number of likely N-dealkylation sites (N-methyl/N-ethyl adjacent to an activating group) is 1. The molecule has 0 aromatic heterocycles. The van der Waals surface area contributed by atoms with Crippen LogP contribution >= 0.6 is 0 Å². The van der Waals surface area contributed by atoms with Crippen molar-refractivity contribution in [3.8, 4) is 0 Å². The number of carboxylic acid groups (broad SMARTS) is 1. The van der Waals surface area contributed by atoms with Crippen LogP contribution in [0, 0.1) is 0 Å². The standard InChI is InChI=1S/C18H21NO2/c1-13(19(2)11-5-8-17(19)18(20)21)15-10-9-14-6-3-4-7-16(14)12-15/h3-4,6-7,9-10,12-13,17H,5,8,11H2,1-2H3/p+1/t13-,17+,19?/m0/s1. The molecule has 0 spiro atoms. The van der Waals surface area contributed by atoms with Crippen molar-refractivity contribution in [3.05, 3.63) is 48.0 Å². The van der Waals surface area contributed by atoms with E-state index in [9.17, 15) is 9.90 Å². The van der Waals surface area contributed by atoms with Crippen LogP contribution < -0.4 is 0 Å². The largest absolute Gasteiger partial charge is 0.477 e. The highest BCUT2D eigenvalue weighted by atomic mass is 16.4. The summed E-state index contributed by atoms with van der Waals surface area (Å²) in [6, 6.07) is 14.7. The third-order valence-electron chi connectivity index (χ3n) is 5.26. The predicted molar refractivity (Wildman–Crippen MR) is 84.1 cm³/mol. The van der Waals surface area contributed by atoms with Crippen molar-refractivity contribution >= 4 is 16.7 Å². The molecule has 0 amide bonds. The Hall–Kier alpha value is -1.87. The first kappa shape index (κ1) is 14.1. The molecule has 21 heavy (non-hydrogen) atoms. The van der Waals surface area contributed by atoms with Gasteiger partial charge in [-0.2, -0.15) is 0 Å². The molecule has 110 valence electrons. The van der Waals surface area contributed by atoms with Gasteiger partial charge in [-0.15, -0.1) is 0 Å². The number of aliphatic carboxylic acids is 1. The fourth-order valence-corrected chi connectivity index (χ4v) is 3.72. The minimum Gasteiger partial charge on any atom is -0.477 e. The van der Waals surface area contributed by atoms with Crippen LogP contribution in [0.1, 0.15) is 31.4 Å². The Balaban J connectivity index is 1.99. The zero-order valence-electron chi connectivity index (χ0n) is 12.6. The van der Waals surface area contributed by atoms with E-state index in [1.165, 1.54) is 16.3 Å². The minimum atomic E-state index is -0.664. The normalized spacial score (nSPS) is 26.9. The summed E-state index contributed by atoms with van der Waals surface area (Å²) in [6.07, 6.45) is 1.77. The van der Waals surface area contributed by atoms with Gasteiger partial charge < -0.3 is 9.59 Å². The number of nitrogens with zero attached hydrogens (tertiary/aromatic N) is 1. The molecule has 0 radical (unpaired) electrons. The second kappa shape index (κ2) is 5.15. The summed E-state index contributed by atoms with van der Waals surface area (Å²) in [7, 11) is 2.09. The first-order valence-electron chi connectivity index (χ1n) is 7.59. The van der Waals surface area contributed by atoms with Gasteiger partial charge in [-0.25, -0.2) is 4.79 Å². The number of quaternary nitrogens is 1. The summed E-state index contributed by atoms with van der Waals surface area (Å²) < 4.78 is 0.605. The van der Waals surface area contributed by atoms with E-state index >= 15 is 0 Å². The van der Waals surface area contributed by atoms with Crippen molar-refractivity contribution in [2.24, 2.45) is 0 Å². The monoisotopic (exact) mass is 284 g/mol. The van der Waals surface area contributed by atoms with Crippen LogP contribution in [0.5, 0.6) is 0 Å². The van der Waals surface area contributed by atoms with Crippen molar-refractivity contribution < 1.29 is 14.4 Å². The van der Waals surface area contributed by atoms with Gasteiger partial charge in [-0.3, -0.25) is 0 Å². The fourth-order valence-electron chi connectivity index (χ4n) is 3.72. The number of rotatable bonds is 3. The molecular weight excluding hydrogens is 262 g/mol. The minimum absolute atomic E-state index is 0.193. The molecular formula is C18H22NO2+. The molecule has 1 fully saturated rings. The maximum absolute atomic E-state index is 11.5. The molecule has 0 aliphatic carbocycles. The van der Waals surface area contributed by atoms with Crippen LogP contribution in [0.25, 0.3) is 10.8 Å². The Morgan fingerprint density at radius 1 is 1.24 bits per heavy atom. The van der Waals surface area contributed by atoms with Crippen LogP contribution in [0.15, 0.2) is 42.5 Å². The molecule has 1 aliphatic heterocycles. The van der Waals surface area contributed by atoms with E-state index in [0.717, 1.165) is 19.4 Å². The SMILES string of the molecule is C[C@@H](c1ccc2ccccc2c1)[N+]1(C)CCC[C@@H]1C(=O)O. The average Bonchev–Trinajstić information content (AvgIpc) is 2.89. The van der Waals surface area contributed by atoms with E-state index in [0.29, 0.717) is 4.48 Å². The number of carboxylic acids is 1. The molecule has 3 atom stereocenters. The second-order valence-corrected chi connectivity index (χ2v) is 6.35. The summed E-state index contributed by atoms with van der Waals surface area (Å²) in [5, 5.41) is 12.0. The maximum Gasteiger partial charge on any atom is 0.362 e. The quantitative estimate of drug-likeness (QED) is 0.874. The number of likely N-dealkylation sites (tertiary alicyclic amines) is 1. The van der Waals surface area contributed by atoms with E-state index in [-0.39, 0.29) is 12.1 Å². The summed E-state index contributed by atoms with van der Waals surface area (Å²) >= 11 is 0. The summed E-state index contributed by atoms with van der Waals surface area (Å²) in [5.41, 5.74) is 1.23. The van der Waals surface area contributed by atoms with Crippen LogP contribution in [0.2, 0.25) is 0 Å². The Morgan fingerprint density at radius 3 is 2.67 bits per heavy atom. The third-order valence-corrected chi connectivity index (χ3v) is 5.26. The second-order valence-electron chi connectivity index (χ2n) is 6.35. The van der Waals surface area contributed by atoms with Gasteiger partial charge in [0.05, 0.1) is 13.6 Å². The Kier molecular flexibility index (Phi) is 3.46. The van der Waals surface area contributed by atoms with Crippen molar-refractivity contribution in [1.82, 2.24) is 0 Å². The number of hydrogen-bond donors (Lipinski definition) is 1. The van der Waals surface area contributed by atoms with Crippen molar-refractivity contribution in [1.29, 1.82) is 0 Å². The lowest BCUT2D eigenvalue weighted by molar-refractivity contribution is -0.941. The molecule has 0 bridgehead atoms. The highest BCUT2D eigenvalue weighted by molar-refractivity contribution is 5.83. The Bertz CT molecular complexity index is 682. The lowest BCUT2D eigenvalue weighted by atomic mass is 9.99. The zero-order valence-corrected chi connectivity index (χ0v) is 12.6. The van der Waals surface area contributed by atoms with E-state index in [1.807, 2.05) is 12.1 Å². The Labute approximate surface area is 125 Å². The highest BCUT2D eigenvalue weighted by Crippen LogP contribution is 2.37. The number of benzene rings is 2. The van der Waals surface area contributed by atoms with Gasteiger partial charge in [0.1, 0.15) is 6.04 Å². The Morgan fingerprint density at radius 2 is 1.95 bits per heavy atom. The molecule has 1 aliphatic rings. The molecule has 2 aromatic carbocycles. The van der Waals surface area contributed by atoms with Crippen LogP contribution in [-0.2, 0) is 4.79 Å². The van der Waals surface area contributed by atoms with Crippen molar-refractivity contribution in [2.75, 3.05) is 13.6 Å². The van der Waals surface area contributed by atoms with E-state index in [2.05, 4.69) is 44.3 Å². The topological polar surface area (TPSA) is 37.3 Å². The first-order valence-corrected chi connectivity index (χ1v) is 7.59. The summed E-state index contributed by atoms with van der Waals surface area (Å²) in [5.74, 6) is -0.664. The fraction of sp³-hybridized carbons (Fsp3) is 0.389. The molecule has 1 N–H and O–H groups in total. The first-order chi connectivity index (χ1) is 10.0. The van der Waals surface area contributed by atoms with Gasteiger partial charge in [0, 0.05) is 18.4 Å². The lowest BCUT2D eigenvalue weighted by Gasteiger charge is -2.40. The molecule has 3 heteroatoms. The molecule has 1 heterocycles. The van der Waals surface area contributed by atoms with Crippen LogP contribution in [0.4, 0.5) is 0 Å². The van der Waals surface area contributed by atoms with Crippen molar-refractivity contribution in [3.63, 3.8) is 0 Å². The van der Waals surface area contributed by atoms with Gasteiger partial charge in [0.15, 0.2) is 6.04 Å². The summed E-state index contributed by atoms with van der Waals surface area (Å²) in [6.45, 7) is 3.09. The van der Waals surface area contributed by atoms with Gasteiger partial charge in [-0.1, -0.05) is 36.4 Å². The smallest absolute Gasteiger partial charge is 0.362 e. The molecule has 3 rings (SSSR count). The molecule has 3 nitrogen and oxygen atoms in total. The van der Waals surface area contributed by atoms with Crippen molar-refractivity contribution in [2.45, 2.75) is 31.8 Å². The number of carbonyl (C=O) groups is 1. The number of hydrogen-bond acceptors (Lipinski definition) is 1. The van der Waals surface area contributed by atoms with E-state index in [1.54, 1.807) is 0 Å². The average molecular weight is 284 g/mol. The number of fused-ring (bicyclic) bond motifs is 1. The predicted octanol–water partition coefficient (Wildman–Crippen LogP) is 3.59. The van der Waals surface area contributed by atoms with E-state index < -0.39 is 5.97 Å². The van der Waals surface area contributed by atoms with Gasteiger partial charge in [0.25, 0.3) is 0 Å². The van der Waals surface area contributed by atoms with E-state index in [4.69, 9.17) is 0 Å². The van der Waals surface area contributed by atoms with Crippen LogP contribution in [0.3, 0.4) is 0 Å². The lowest BCUT2D eigenvalue weighted by Crippen LogP contribution is -2.53. The maximum atomic E-state index is 11.5. The van der Waals surface area contributed by atoms with Crippen LogP contribution in [-0.4, -0.2) is 35.2 Å². The molecule has 0 saturated carbocycles. The zero-order chi connectivity index (χ0) is 15.0. The molecule has 1 saturated heterocycles. The molecule has 1 unspecified atom stereocenters. The van der Waals surface area contributed by atoms with Gasteiger partial charge in [0.2, 0.25) is 0 Å².